The molecule has 0 radical (unpaired) electrons. The molecule has 3 heterocycles. The summed E-state index contributed by atoms with van der Waals surface area (Å²) in [6.07, 6.45) is 9.37. The van der Waals surface area contributed by atoms with Gasteiger partial charge >= 0.3 is 0 Å². The van der Waals surface area contributed by atoms with E-state index in [-0.39, 0.29) is 6.04 Å². The number of hydrogen-bond acceptors (Lipinski definition) is 5. The van der Waals surface area contributed by atoms with Crippen molar-refractivity contribution in [2.24, 2.45) is 5.92 Å². The second-order valence-corrected chi connectivity index (χ2v) is 12.0. The van der Waals surface area contributed by atoms with Crippen molar-refractivity contribution < 1.29 is 0 Å². The van der Waals surface area contributed by atoms with Crippen LogP contribution >= 0.6 is 0 Å². The minimum atomic E-state index is 0.284. The molecule has 1 aromatic heterocycles. The van der Waals surface area contributed by atoms with Gasteiger partial charge in [-0.25, -0.2) is 9.97 Å². The zero-order chi connectivity index (χ0) is 26.8. The lowest BCUT2D eigenvalue weighted by atomic mass is 9.95. The monoisotopic (exact) mass is 521 g/mol. The highest BCUT2D eigenvalue weighted by Crippen LogP contribution is 2.30. The lowest BCUT2D eigenvalue weighted by Crippen LogP contribution is -2.48. The molecule has 39 heavy (non-hydrogen) atoms. The molecule has 0 N–H and O–H groups in total. The van der Waals surface area contributed by atoms with E-state index < -0.39 is 0 Å². The minimum Gasteiger partial charge on any atom is -0.356 e. The van der Waals surface area contributed by atoms with Gasteiger partial charge < -0.3 is 4.90 Å². The number of aromatic nitrogens is 2. The van der Waals surface area contributed by atoms with Crippen LogP contribution < -0.4 is 15.5 Å². The Bertz CT molecular complexity index is 1330. The first-order valence-corrected chi connectivity index (χ1v) is 15.0. The molecular weight excluding hydrogens is 478 g/mol. The summed E-state index contributed by atoms with van der Waals surface area (Å²) in [6.45, 7) is 13.9. The predicted molar refractivity (Wildman–Crippen MR) is 161 cm³/mol. The maximum atomic E-state index is 5.20. The summed E-state index contributed by atoms with van der Waals surface area (Å²) in [5, 5.41) is 2.42. The van der Waals surface area contributed by atoms with Crippen LogP contribution in [0.2, 0.25) is 0 Å². The Kier molecular flexibility index (Phi) is 7.80. The number of aryl methyl sites for hydroxylation is 2. The Labute approximate surface area is 233 Å². The van der Waals surface area contributed by atoms with Gasteiger partial charge in [0.15, 0.2) is 0 Å². The van der Waals surface area contributed by atoms with Crippen LogP contribution in [0, 0.1) is 19.8 Å². The highest BCUT2D eigenvalue weighted by molar-refractivity contribution is 5.49. The van der Waals surface area contributed by atoms with Crippen molar-refractivity contribution in [2.45, 2.75) is 59.0 Å². The van der Waals surface area contributed by atoms with Crippen molar-refractivity contribution >= 4 is 18.0 Å². The molecule has 5 nitrogen and oxygen atoms in total. The summed E-state index contributed by atoms with van der Waals surface area (Å²) < 4.78 is 0. The van der Waals surface area contributed by atoms with Crippen LogP contribution in [-0.2, 0) is 6.54 Å². The van der Waals surface area contributed by atoms with Gasteiger partial charge in [-0.2, -0.15) is 0 Å². The summed E-state index contributed by atoms with van der Waals surface area (Å²) in [5.41, 5.74) is 5.38. The minimum absolute atomic E-state index is 0.284. The number of hydrogen-bond donors (Lipinski definition) is 0. The third kappa shape index (κ3) is 5.95. The summed E-state index contributed by atoms with van der Waals surface area (Å²) in [7, 11) is 0. The van der Waals surface area contributed by atoms with E-state index in [4.69, 9.17) is 9.97 Å². The first kappa shape index (κ1) is 26.2. The van der Waals surface area contributed by atoms with Crippen molar-refractivity contribution in [1.82, 2.24) is 19.8 Å². The number of nitrogens with zero attached hydrogens (tertiary/aromatic N) is 5. The third-order valence-corrected chi connectivity index (χ3v) is 8.86. The van der Waals surface area contributed by atoms with E-state index >= 15 is 0 Å². The maximum absolute atomic E-state index is 5.20. The molecular formula is C34H43N5. The van der Waals surface area contributed by atoms with Crippen LogP contribution in [0.5, 0.6) is 0 Å². The van der Waals surface area contributed by atoms with Gasteiger partial charge in [-0.1, -0.05) is 78.7 Å². The number of benzene rings is 2. The van der Waals surface area contributed by atoms with Crippen molar-refractivity contribution in [3.8, 4) is 0 Å². The molecule has 0 bridgehead atoms. The number of rotatable bonds is 6. The van der Waals surface area contributed by atoms with Crippen LogP contribution in [-0.4, -0.2) is 59.0 Å². The molecule has 2 fully saturated rings. The lowest BCUT2D eigenvalue weighted by molar-refractivity contribution is 0.103. The number of piperidine rings is 1. The fourth-order valence-corrected chi connectivity index (χ4v) is 6.34. The largest absolute Gasteiger partial charge is 0.356 e. The molecule has 0 spiro atoms. The molecule has 2 aromatic carbocycles. The zero-order valence-electron chi connectivity index (χ0n) is 23.9. The molecule has 204 valence electrons. The Morgan fingerprint density at radius 1 is 0.744 bits per heavy atom. The number of piperazine rings is 1. The van der Waals surface area contributed by atoms with Gasteiger partial charge in [-0.05, 0) is 56.6 Å². The zero-order valence-corrected chi connectivity index (χ0v) is 23.9. The molecule has 0 atom stereocenters. The van der Waals surface area contributed by atoms with Gasteiger partial charge in [-0.3, -0.25) is 9.80 Å². The van der Waals surface area contributed by atoms with E-state index in [9.17, 15) is 0 Å². The fourth-order valence-electron chi connectivity index (χ4n) is 6.34. The molecule has 3 aromatic rings. The Morgan fingerprint density at radius 2 is 1.33 bits per heavy atom. The summed E-state index contributed by atoms with van der Waals surface area (Å²) in [6, 6.07) is 18.5. The molecule has 0 unspecified atom stereocenters. The Morgan fingerprint density at radius 3 is 1.95 bits per heavy atom. The highest BCUT2D eigenvalue weighted by atomic mass is 15.3. The van der Waals surface area contributed by atoms with Gasteiger partial charge in [0.1, 0.15) is 11.6 Å². The van der Waals surface area contributed by atoms with Gasteiger partial charge in [0.2, 0.25) is 0 Å². The van der Waals surface area contributed by atoms with E-state index in [0.29, 0.717) is 0 Å². The first-order valence-electron chi connectivity index (χ1n) is 15.0. The second-order valence-electron chi connectivity index (χ2n) is 12.0. The first-order chi connectivity index (χ1) is 19.0. The summed E-state index contributed by atoms with van der Waals surface area (Å²) in [4.78, 5) is 18.0. The molecule has 0 saturated carbocycles. The number of anilines is 1. The van der Waals surface area contributed by atoms with E-state index in [1.807, 2.05) is 0 Å². The summed E-state index contributed by atoms with van der Waals surface area (Å²) >= 11 is 0. The van der Waals surface area contributed by atoms with E-state index in [0.717, 1.165) is 75.7 Å². The van der Waals surface area contributed by atoms with Gasteiger partial charge in [0.05, 0.1) is 17.9 Å². The van der Waals surface area contributed by atoms with Crippen LogP contribution in [0.4, 0.5) is 5.82 Å². The lowest BCUT2D eigenvalue weighted by Gasteiger charge is -2.39. The van der Waals surface area contributed by atoms with Crippen LogP contribution in [0.3, 0.4) is 0 Å². The smallest absolute Gasteiger partial charge is 0.145 e. The maximum Gasteiger partial charge on any atom is 0.145 e. The average Bonchev–Trinajstić information content (AvgIpc) is 2.96. The van der Waals surface area contributed by atoms with Crippen molar-refractivity contribution in [3.05, 3.63) is 87.2 Å². The van der Waals surface area contributed by atoms with E-state index in [2.05, 4.69) is 96.2 Å². The molecule has 0 amide bonds. The van der Waals surface area contributed by atoms with Crippen molar-refractivity contribution in [2.75, 3.05) is 44.2 Å². The van der Waals surface area contributed by atoms with Crippen LogP contribution in [0.15, 0.2) is 48.5 Å². The van der Waals surface area contributed by atoms with E-state index in [1.165, 1.54) is 46.1 Å². The van der Waals surface area contributed by atoms with Crippen LogP contribution in [0.25, 0.3) is 12.2 Å². The molecule has 1 aliphatic carbocycles. The molecule has 3 aliphatic rings. The predicted octanol–water partition coefficient (Wildman–Crippen LogP) is 4.59. The second kappa shape index (κ2) is 11.6. The molecule has 2 aliphatic heterocycles. The quantitative estimate of drug-likeness (QED) is 0.474. The van der Waals surface area contributed by atoms with Crippen molar-refractivity contribution in [1.29, 1.82) is 0 Å². The van der Waals surface area contributed by atoms with E-state index in [1.54, 1.807) is 0 Å². The van der Waals surface area contributed by atoms with Crippen molar-refractivity contribution in [3.63, 3.8) is 0 Å². The number of fused-ring (bicyclic) bond motifs is 1. The standard InChI is InChI=1S/C34H43N5/c1-25-8-12-28(13-9-25)33(29-14-10-26(2)11-15-29)38-22-20-37(21-23-38)24-32-35-31-7-5-4-6-30(31)34(36-32)39-18-16-27(3)17-19-39/h6-15,27,33H,4-5,16-24H2,1-3H3. The SMILES string of the molecule is Cc1ccc(C(c2ccc(C)cc2)N2CCN(Cc3nc(N4CCC(C)CC4)c4c(n3)=CCCC=4)CC2)cc1. The van der Waals surface area contributed by atoms with Gasteiger partial charge in [0, 0.05) is 44.5 Å². The van der Waals surface area contributed by atoms with Gasteiger partial charge in [-0.15, -0.1) is 0 Å². The molecule has 2 saturated heterocycles. The average molecular weight is 522 g/mol. The Balaban J connectivity index is 1.19. The Hall–Kier alpha value is -3.02. The molecule has 6 rings (SSSR count). The fraction of sp³-hybridized carbons (Fsp3) is 0.471. The third-order valence-electron chi connectivity index (χ3n) is 8.86. The normalized spacial score (nSPS) is 19.0. The molecule has 5 heteroatoms. The highest BCUT2D eigenvalue weighted by Gasteiger charge is 2.27. The van der Waals surface area contributed by atoms with Crippen LogP contribution in [0.1, 0.15) is 66.7 Å². The summed E-state index contributed by atoms with van der Waals surface area (Å²) in [5.74, 6) is 2.97. The van der Waals surface area contributed by atoms with Gasteiger partial charge in [0.25, 0.3) is 0 Å². The topological polar surface area (TPSA) is 35.5 Å².